The average Bonchev–Trinajstić information content (AvgIpc) is 2.49. The zero-order valence-corrected chi connectivity index (χ0v) is 8.27. The van der Waals surface area contributed by atoms with Gasteiger partial charge in [0.05, 0.1) is 5.69 Å². The van der Waals surface area contributed by atoms with Crippen LogP contribution in [0.5, 0.6) is 0 Å². The molecule has 0 amide bonds. The average molecular weight is 188 g/mol. The molecule has 2 rings (SSSR count). The van der Waals surface area contributed by atoms with Gasteiger partial charge in [-0.25, -0.2) is 4.98 Å². The molecule has 0 N–H and O–H groups in total. The summed E-state index contributed by atoms with van der Waals surface area (Å²) in [6.07, 6.45) is 0. The molecule has 2 aromatic rings. The zero-order chi connectivity index (χ0) is 9.26. The van der Waals surface area contributed by atoms with Crippen LogP contribution in [0.25, 0.3) is 10.6 Å². The molecule has 0 spiro atoms. The maximum atomic E-state index is 4.39. The highest BCUT2D eigenvalue weighted by molar-refractivity contribution is 7.15. The van der Waals surface area contributed by atoms with Crippen LogP contribution >= 0.6 is 11.3 Å². The first kappa shape index (κ1) is 8.45. The fourth-order valence-electron chi connectivity index (χ4n) is 1.13. The molecule has 2 heteroatoms. The van der Waals surface area contributed by atoms with Crippen molar-refractivity contribution >= 4 is 11.3 Å². The van der Waals surface area contributed by atoms with Gasteiger partial charge in [-0.15, -0.1) is 11.3 Å². The smallest absolute Gasteiger partial charge is 0.123 e. The number of rotatable bonds is 1. The van der Waals surface area contributed by atoms with Gasteiger partial charge in [0.25, 0.3) is 0 Å². The summed E-state index contributed by atoms with van der Waals surface area (Å²) in [5.74, 6) is 0. The highest BCUT2D eigenvalue weighted by atomic mass is 32.1. The van der Waals surface area contributed by atoms with Crippen molar-refractivity contribution in [2.75, 3.05) is 0 Å². The Bertz CT molecular complexity index is 384. The van der Waals surface area contributed by atoms with Crippen molar-refractivity contribution in [2.45, 2.75) is 6.92 Å². The zero-order valence-electron chi connectivity index (χ0n) is 7.45. The van der Waals surface area contributed by atoms with Crippen molar-refractivity contribution in [3.63, 3.8) is 0 Å². The van der Waals surface area contributed by atoms with Crippen LogP contribution in [0.3, 0.4) is 0 Å². The lowest BCUT2D eigenvalue weighted by atomic mass is 10.2. The van der Waals surface area contributed by atoms with Crippen molar-refractivity contribution in [3.05, 3.63) is 47.8 Å². The van der Waals surface area contributed by atoms with Gasteiger partial charge in [0.2, 0.25) is 0 Å². The lowest BCUT2D eigenvalue weighted by Gasteiger charge is -1.92. The van der Waals surface area contributed by atoms with E-state index in [1.54, 1.807) is 11.3 Å². The van der Waals surface area contributed by atoms with E-state index in [2.05, 4.69) is 24.0 Å². The highest BCUT2D eigenvalue weighted by Crippen LogP contribution is 2.26. The Morgan fingerprint density at radius 2 is 1.92 bits per heavy atom. The first-order valence-electron chi connectivity index (χ1n) is 4.12. The molecule has 13 heavy (non-hydrogen) atoms. The summed E-state index contributed by atoms with van der Waals surface area (Å²) in [7, 11) is 0. The van der Waals surface area contributed by atoms with E-state index < -0.39 is 0 Å². The topological polar surface area (TPSA) is 12.9 Å². The largest absolute Gasteiger partial charge is 0.241 e. The fraction of sp³-hybridized carbons (Fsp3) is 0.0909. The maximum absolute atomic E-state index is 4.39. The minimum Gasteiger partial charge on any atom is -0.241 e. The van der Waals surface area contributed by atoms with E-state index in [9.17, 15) is 0 Å². The Morgan fingerprint density at radius 3 is 2.46 bits per heavy atom. The second-order valence-electron chi connectivity index (χ2n) is 2.89. The second kappa shape index (κ2) is 3.30. The molecule has 1 radical (unpaired) electrons. The number of hydrogen-bond donors (Lipinski definition) is 0. The summed E-state index contributed by atoms with van der Waals surface area (Å²) < 4.78 is 0. The predicted octanol–water partition coefficient (Wildman–Crippen LogP) is 3.30. The van der Waals surface area contributed by atoms with E-state index in [0.717, 1.165) is 10.7 Å². The molecule has 0 bridgehead atoms. The molecule has 0 saturated heterocycles. The minimum atomic E-state index is 0.892. The monoisotopic (exact) mass is 188 g/mol. The molecule has 1 aromatic heterocycles. The fourth-order valence-corrected chi connectivity index (χ4v) is 2.00. The predicted molar refractivity (Wildman–Crippen MR) is 56.7 cm³/mol. The van der Waals surface area contributed by atoms with E-state index in [4.69, 9.17) is 0 Å². The molecule has 0 aliphatic heterocycles. The van der Waals surface area contributed by atoms with Crippen LogP contribution in [0.1, 0.15) is 10.6 Å². The van der Waals surface area contributed by atoms with Crippen molar-refractivity contribution in [1.29, 1.82) is 0 Å². The number of aromatic nitrogens is 1. The van der Waals surface area contributed by atoms with Gasteiger partial charge in [-0.3, -0.25) is 0 Å². The molecular weight excluding hydrogens is 178 g/mol. The molecule has 0 saturated carbocycles. The summed E-state index contributed by atoms with van der Waals surface area (Å²) in [5.41, 5.74) is 2.06. The molecule has 0 atom stereocenters. The number of thiazole rings is 1. The van der Waals surface area contributed by atoms with Crippen LogP contribution in [0.4, 0.5) is 0 Å². The first-order chi connectivity index (χ1) is 6.27. The molecule has 0 aliphatic rings. The van der Waals surface area contributed by atoms with Crippen LogP contribution in [-0.2, 0) is 0 Å². The van der Waals surface area contributed by atoms with E-state index in [1.165, 1.54) is 10.4 Å². The maximum Gasteiger partial charge on any atom is 0.123 e. The third-order valence-corrected chi connectivity index (χ3v) is 2.98. The third kappa shape index (κ3) is 1.63. The summed E-state index contributed by atoms with van der Waals surface area (Å²) in [4.78, 5) is 5.58. The number of nitrogens with zero attached hydrogens (tertiary/aromatic N) is 1. The van der Waals surface area contributed by atoms with Gasteiger partial charge in [0.15, 0.2) is 0 Å². The Labute approximate surface area is 82.1 Å². The van der Waals surface area contributed by atoms with Crippen molar-refractivity contribution in [3.8, 4) is 10.6 Å². The molecule has 1 heterocycles. The van der Waals surface area contributed by atoms with E-state index in [-0.39, 0.29) is 0 Å². The molecule has 0 aliphatic carbocycles. The van der Waals surface area contributed by atoms with Gasteiger partial charge in [0.1, 0.15) is 5.01 Å². The second-order valence-corrected chi connectivity index (χ2v) is 4.09. The van der Waals surface area contributed by atoms with E-state index in [0.29, 0.717) is 0 Å². The molecule has 0 fully saturated rings. The van der Waals surface area contributed by atoms with Crippen LogP contribution in [0.15, 0.2) is 30.3 Å². The van der Waals surface area contributed by atoms with Crippen molar-refractivity contribution < 1.29 is 0 Å². The quantitative estimate of drug-likeness (QED) is 0.669. The SMILES string of the molecule is [CH2]c1nc(-c2ccccc2)sc1C. The number of aryl methyl sites for hydroxylation is 1. The van der Waals surface area contributed by atoms with E-state index >= 15 is 0 Å². The number of benzene rings is 1. The number of hydrogen-bond acceptors (Lipinski definition) is 2. The van der Waals surface area contributed by atoms with Gasteiger partial charge >= 0.3 is 0 Å². The third-order valence-electron chi connectivity index (χ3n) is 1.91. The Balaban J connectivity index is 2.48. The van der Waals surface area contributed by atoms with Gasteiger partial charge < -0.3 is 0 Å². The Hall–Kier alpha value is -1.15. The summed E-state index contributed by atoms with van der Waals surface area (Å²) in [6.45, 7) is 5.91. The molecule has 1 nitrogen and oxygen atoms in total. The van der Waals surface area contributed by atoms with E-state index in [1.807, 2.05) is 25.1 Å². The van der Waals surface area contributed by atoms with Crippen LogP contribution in [-0.4, -0.2) is 4.98 Å². The van der Waals surface area contributed by atoms with Gasteiger partial charge in [-0.2, -0.15) is 0 Å². The van der Waals surface area contributed by atoms with Crippen LogP contribution in [0, 0.1) is 13.8 Å². The molecule has 65 valence electrons. The van der Waals surface area contributed by atoms with Gasteiger partial charge in [-0.1, -0.05) is 30.3 Å². The lowest BCUT2D eigenvalue weighted by Crippen LogP contribution is -1.75. The standard InChI is InChI=1S/C11H10NS/c1-8-9(2)13-11(12-8)10-6-4-3-5-7-10/h3-7H,1H2,2H3. The molecular formula is C11H10NS. The Morgan fingerprint density at radius 1 is 1.23 bits per heavy atom. The van der Waals surface area contributed by atoms with Crippen molar-refractivity contribution in [2.24, 2.45) is 0 Å². The minimum absolute atomic E-state index is 0.892. The van der Waals surface area contributed by atoms with Crippen LogP contribution in [0.2, 0.25) is 0 Å². The summed E-state index contributed by atoms with van der Waals surface area (Å²) in [5, 5.41) is 1.06. The normalized spacial score (nSPS) is 10.3. The Kier molecular flexibility index (Phi) is 2.15. The molecule has 0 unspecified atom stereocenters. The summed E-state index contributed by atoms with van der Waals surface area (Å²) >= 11 is 1.69. The highest BCUT2D eigenvalue weighted by Gasteiger charge is 2.04. The summed E-state index contributed by atoms with van der Waals surface area (Å²) in [6, 6.07) is 10.2. The van der Waals surface area contributed by atoms with Gasteiger partial charge in [-0.05, 0) is 13.8 Å². The van der Waals surface area contributed by atoms with Crippen LogP contribution < -0.4 is 0 Å². The lowest BCUT2D eigenvalue weighted by molar-refractivity contribution is 1.31. The first-order valence-corrected chi connectivity index (χ1v) is 4.94. The van der Waals surface area contributed by atoms with Crippen molar-refractivity contribution in [1.82, 2.24) is 4.98 Å². The van der Waals surface area contributed by atoms with Gasteiger partial charge in [0, 0.05) is 10.4 Å². The molecule has 1 aromatic carbocycles.